The van der Waals surface area contributed by atoms with Gasteiger partial charge in [0.25, 0.3) is 0 Å². The largest absolute Gasteiger partial charge is 0.0746 e. The van der Waals surface area contributed by atoms with E-state index in [2.05, 4.69) is 13.5 Å². The molecule has 0 saturated carbocycles. The Morgan fingerprint density at radius 2 is 2.25 bits per heavy atom. The van der Waals surface area contributed by atoms with Gasteiger partial charge < -0.3 is 0 Å². The molecule has 0 aromatic carbocycles. The number of rotatable bonds is 4. The molecule has 3 heteroatoms. The normalized spacial score (nSPS) is 15.8. The highest BCUT2D eigenvalue weighted by Gasteiger charge is 1.97. The zero-order valence-corrected chi connectivity index (χ0v) is 11.0. The summed E-state index contributed by atoms with van der Waals surface area (Å²) >= 11 is 0. The third kappa shape index (κ3) is 4.80. The predicted molar refractivity (Wildman–Crippen MR) is 51.2 cm³/mol. The topological polar surface area (TPSA) is 0 Å². The molecule has 0 saturated heterocycles. The molecule has 50 valence electrons. The molecule has 0 radical (unpaired) electrons. The summed E-state index contributed by atoms with van der Waals surface area (Å²) in [4.78, 5) is 0. The summed E-state index contributed by atoms with van der Waals surface area (Å²) in [5, 5.41) is 0. The summed E-state index contributed by atoms with van der Waals surface area (Å²) in [5.74, 6) is 0. The number of unbranched alkanes of at least 4 members (excludes halogenated alkanes) is 1. The highest BCUT2D eigenvalue weighted by Crippen LogP contribution is 1.97. The molecular weight excluding hydrogens is 144 g/mol. The smallest absolute Gasteiger partial charge is 0.0176 e. The molecule has 0 aliphatic carbocycles. The van der Waals surface area contributed by atoms with Crippen molar-refractivity contribution in [3.05, 3.63) is 0 Å². The van der Waals surface area contributed by atoms with Gasteiger partial charge in [0.1, 0.15) is 0 Å². The van der Waals surface area contributed by atoms with Crippen LogP contribution in [0.1, 0.15) is 19.8 Å². The Kier molecular flexibility index (Phi) is 6.25. The van der Waals surface area contributed by atoms with Gasteiger partial charge in [0.2, 0.25) is 0 Å². The lowest BCUT2D eigenvalue weighted by atomic mass is 10.4. The predicted octanol–water partition coefficient (Wildman–Crippen LogP) is -0.411. The van der Waals surface area contributed by atoms with E-state index in [0.29, 0.717) is 8.55 Å². The minimum atomic E-state index is 0.00165. The lowest BCUT2D eigenvalue weighted by Crippen LogP contribution is -2.17. The minimum absolute atomic E-state index is 0.00165. The first-order chi connectivity index (χ1) is 3.81. The Morgan fingerprint density at radius 1 is 1.62 bits per heavy atom. The average Bonchev–Trinajstić information content (AvgIpc) is 1.83. The zero-order chi connectivity index (χ0) is 6.41. The van der Waals surface area contributed by atoms with Crippen molar-refractivity contribution in [3.8, 4) is 0 Å². The van der Waals surface area contributed by atoms with Crippen molar-refractivity contribution in [2.45, 2.75) is 32.4 Å². The SMILES string of the molecule is CCCC[SiH](C)[SiH2][SiH3]. The van der Waals surface area contributed by atoms with E-state index in [9.17, 15) is 0 Å². The molecule has 1 atom stereocenters. The molecule has 0 aromatic rings. The average molecular weight is 162 g/mol. The minimum Gasteiger partial charge on any atom is -0.0746 e. The van der Waals surface area contributed by atoms with Crippen molar-refractivity contribution in [3.63, 3.8) is 0 Å². The summed E-state index contributed by atoms with van der Waals surface area (Å²) in [5.41, 5.74) is 0. The highest BCUT2D eigenvalue weighted by molar-refractivity contribution is 7.31. The number of hydrogen-bond acceptors (Lipinski definition) is 0. The van der Waals surface area contributed by atoms with Crippen LogP contribution in [0.15, 0.2) is 0 Å². The van der Waals surface area contributed by atoms with Gasteiger partial charge >= 0.3 is 0 Å². The quantitative estimate of drug-likeness (QED) is 0.493. The molecule has 0 bridgehead atoms. The van der Waals surface area contributed by atoms with E-state index >= 15 is 0 Å². The van der Waals surface area contributed by atoms with Gasteiger partial charge in [-0.05, 0) is 18.3 Å². The maximum absolute atomic E-state index is 2.56. The fraction of sp³-hybridized carbons (Fsp3) is 1.00. The second-order valence-electron chi connectivity index (χ2n) is 2.66. The van der Waals surface area contributed by atoms with Crippen LogP contribution in [-0.4, -0.2) is 26.6 Å². The Labute approximate surface area is 59.5 Å². The fourth-order valence-electron chi connectivity index (χ4n) is 0.757. The van der Waals surface area contributed by atoms with Crippen molar-refractivity contribution >= 4 is 26.6 Å². The summed E-state index contributed by atoms with van der Waals surface area (Å²) < 4.78 is 0. The van der Waals surface area contributed by atoms with Gasteiger partial charge in [0, 0.05) is 8.31 Å². The third-order valence-electron chi connectivity index (χ3n) is 1.75. The lowest BCUT2D eigenvalue weighted by Gasteiger charge is -2.02. The van der Waals surface area contributed by atoms with Crippen molar-refractivity contribution in [1.82, 2.24) is 0 Å². The molecular formula is C5H18Si3. The van der Waals surface area contributed by atoms with E-state index in [4.69, 9.17) is 0 Å². The van der Waals surface area contributed by atoms with E-state index < -0.39 is 0 Å². The van der Waals surface area contributed by atoms with Gasteiger partial charge in [-0.3, -0.25) is 0 Å². The first kappa shape index (κ1) is 8.65. The Balaban J connectivity index is 2.86. The van der Waals surface area contributed by atoms with Gasteiger partial charge in [-0.2, -0.15) is 0 Å². The Morgan fingerprint density at radius 3 is 2.62 bits per heavy atom. The standard InChI is InChI=1S/C5H18Si3/c1-3-4-5-8(2)7-6/h8H,3-5,7H2,1-2,6H3. The third-order valence-corrected chi connectivity index (χ3v) is 22.5. The van der Waals surface area contributed by atoms with Crippen molar-refractivity contribution in [2.75, 3.05) is 0 Å². The second-order valence-corrected chi connectivity index (χ2v) is 20.2. The summed E-state index contributed by atoms with van der Waals surface area (Å²) in [6.07, 6.45) is 2.95. The highest BCUT2D eigenvalue weighted by atomic mass is 29.5. The van der Waals surface area contributed by atoms with Crippen LogP contribution in [0.4, 0.5) is 0 Å². The van der Waals surface area contributed by atoms with Crippen LogP contribution >= 0.6 is 0 Å². The fourth-order valence-corrected chi connectivity index (χ4v) is 8.04. The Bertz CT molecular complexity index is 46.9. The van der Waals surface area contributed by atoms with Crippen LogP contribution in [0.3, 0.4) is 0 Å². The van der Waals surface area contributed by atoms with E-state index in [0.717, 1.165) is 0 Å². The van der Waals surface area contributed by atoms with Crippen molar-refractivity contribution < 1.29 is 0 Å². The summed E-state index contributed by atoms with van der Waals surface area (Å²) in [6, 6.07) is 1.66. The summed E-state index contributed by atoms with van der Waals surface area (Å²) in [7, 11) is 2.19. The van der Waals surface area contributed by atoms with Gasteiger partial charge in [0.15, 0.2) is 0 Å². The lowest BCUT2D eigenvalue weighted by molar-refractivity contribution is 0.878. The van der Waals surface area contributed by atoms with E-state index in [1.807, 2.05) is 0 Å². The monoisotopic (exact) mass is 162 g/mol. The van der Waals surface area contributed by atoms with Crippen LogP contribution in [0.5, 0.6) is 0 Å². The number of hydrogen-bond donors (Lipinski definition) is 0. The molecule has 0 rings (SSSR count). The molecule has 8 heavy (non-hydrogen) atoms. The van der Waals surface area contributed by atoms with Gasteiger partial charge in [-0.1, -0.05) is 32.4 Å². The maximum atomic E-state index is 2.56. The molecule has 0 amide bonds. The molecule has 0 aromatic heterocycles. The first-order valence-corrected chi connectivity index (χ1v) is 14.7. The van der Waals surface area contributed by atoms with Crippen LogP contribution < -0.4 is 0 Å². The van der Waals surface area contributed by atoms with E-state index in [1.165, 1.54) is 12.8 Å². The maximum Gasteiger partial charge on any atom is 0.0176 e. The molecule has 1 unspecified atom stereocenters. The molecule has 0 aliphatic heterocycles. The molecule has 0 aliphatic rings. The summed E-state index contributed by atoms with van der Waals surface area (Å²) in [6.45, 7) is 4.87. The van der Waals surface area contributed by atoms with Crippen LogP contribution in [0.25, 0.3) is 0 Å². The first-order valence-electron chi connectivity index (χ1n) is 3.81. The van der Waals surface area contributed by atoms with Gasteiger partial charge in [0.05, 0.1) is 0 Å². The van der Waals surface area contributed by atoms with Gasteiger partial charge in [-0.25, -0.2) is 0 Å². The van der Waals surface area contributed by atoms with Crippen molar-refractivity contribution in [2.24, 2.45) is 0 Å². The van der Waals surface area contributed by atoms with Crippen LogP contribution in [-0.2, 0) is 0 Å². The van der Waals surface area contributed by atoms with E-state index in [-0.39, 0.29) is 8.31 Å². The molecule has 0 heterocycles. The van der Waals surface area contributed by atoms with Gasteiger partial charge in [-0.15, -0.1) is 0 Å². The van der Waals surface area contributed by atoms with E-state index in [1.54, 1.807) is 15.8 Å². The zero-order valence-electron chi connectivity index (χ0n) is 6.41. The Hall–Kier alpha value is 0.651. The molecule has 0 fully saturated rings. The van der Waals surface area contributed by atoms with Crippen LogP contribution in [0.2, 0.25) is 12.6 Å². The molecule has 0 spiro atoms. The molecule has 0 nitrogen and oxygen atoms in total. The molecule has 0 N–H and O–H groups in total. The van der Waals surface area contributed by atoms with Crippen LogP contribution in [0, 0.1) is 0 Å². The van der Waals surface area contributed by atoms with Crippen molar-refractivity contribution in [1.29, 1.82) is 0 Å². The second kappa shape index (κ2) is 5.78.